The average molecular weight is 417 g/mol. The Balaban J connectivity index is 1.75. The van der Waals surface area contributed by atoms with Gasteiger partial charge in [-0.25, -0.2) is 9.67 Å². The number of anilines is 1. The molecule has 2 amide bonds. The molecule has 150 valence electrons. The van der Waals surface area contributed by atoms with Crippen molar-refractivity contribution in [3.05, 3.63) is 82.5 Å². The number of para-hydroxylation sites is 1. The van der Waals surface area contributed by atoms with Gasteiger partial charge in [0, 0.05) is 10.4 Å². The number of nitrogens with one attached hydrogen (secondary N) is 1. The predicted octanol–water partition coefficient (Wildman–Crippen LogP) is 3.96. The zero-order valence-corrected chi connectivity index (χ0v) is 17.2. The lowest BCUT2D eigenvalue weighted by molar-refractivity contribution is 0.100. The van der Waals surface area contributed by atoms with Crippen molar-refractivity contribution < 1.29 is 9.59 Å². The van der Waals surface area contributed by atoms with E-state index in [2.05, 4.69) is 15.4 Å². The van der Waals surface area contributed by atoms with Gasteiger partial charge in [-0.2, -0.15) is 0 Å². The number of aromatic nitrogens is 3. The van der Waals surface area contributed by atoms with Gasteiger partial charge in [-0.15, -0.1) is 16.4 Å². The summed E-state index contributed by atoms with van der Waals surface area (Å²) in [5.41, 5.74) is 8.19. The van der Waals surface area contributed by atoms with Crippen molar-refractivity contribution in [3.8, 4) is 17.1 Å². The lowest BCUT2D eigenvalue weighted by atomic mass is 10.1. The molecule has 4 rings (SSSR count). The van der Waals surface area contributed by atoms with E-state index in [0.717, 1.165) is 21.7 Å². The molecule has 0 saturated heterocycles. The third kappa shape index (κ3) is 3.60. The normalized spacial score (nSPS) is 10.7. The fraction of sp³-hybridized carbons (Fsp3) is 0.0909. The Morgan fingerprint density at radius 2 is 1.63 bits per heavy atom. The van der Waals surface area contributed by atoms with Gasteiger partial charge in [-0.05, 0) is 31.5 Å². The second kappa shape index (κ2) is 7.92. The summed E-state index contributed by atoms with van der Waals surface area (Å²) < 4.78 is 1.63. The maximum absolute atomic E-state index is 12.9. The first-order valence-corrected chi connectivity index (χ1v) is 10.1. The highest BCUT2D eigenvalue weighted by atomic mass is 32.1. The molecule has 8 heteroatoms. The minimum atomic E-state index is -0.583. The van der Waals surface area contributed by atoms with E-state index < -0.39 is 11.8 Å². The first kappa shape index (κ1) is 19.5. The van der Waals surface area contributed by atoms with Crippen molar-refractivity contribution in [3.63, 3.8) is 0 Å². The van der Waals surface area contributed by atoms with Crippen LogP contribution in [0.3, 0.4) is 0 Å². The molecule has 0 aliphatic heterocycles. The second-order valence-corrected chi connectivity index (χ2v) is 7.90. The first-order valence-electron chi connectivity index (χ1n) is 9.24. The van der Waals surface area contributed by atoms with Crippen LogP contribution in [0.1, 0.15) is 31.4 Å². The van der Waals surface area contributed by atoms with Gasteiger partial charge in [0.2, 0.25) is 5.82 Å². The molecule has 0 atom stereocenters. The van der Waals surface area contributed by atoms with Gasteiger partial charge in [0.25, 0.3) is 11.8 Å². The molecular weight excluding hydrogens is 398 g/mol. The van der Waals surface area contributed by atoms with Gasteiger partial charge < -0.3 is 11.1 Å². The van der Waals surface area contributed by atoms with E-state index >= 15 is 0 Å². The number of benzene rings is 2. The molecule has 2 aromatic carbocycles. The summed E-state index contributed by atoms with van der Waals surface area (Å²) >= 11 is 1.30. The SMILES string of the molecule is Cc1sc(NC(=O)c2nc(-c3ccccc3)n(-c3ccccc3)n2)c(C(N)=O)c1C. The quantitative estimate of drug-likeness (QED) is 0.513. The van der Waals surface area contributed by atoms with E-state index in [9.17, 15) is 9.59 Å². The number of aryl methyl sites for hydroxylation is 1. The molecule has 0 fully saturated rings. The molecule has 2 heterocycles. The third-order valence-corrected chi connectivity index (χ3v) is 5.82. The molecule has 0 saturated carbocycles. The molecule has 0 bridgehead atoms. The average Bonchev–Trinajstić information content (AvgIpc) is 3.31. The van der Waals surface area contributed by atoms with E-state index in [1.54, 1.807) is 11.6 Å². The van der Waals surface area contributed by atoms with Crippen LogP contribution in [0.2, 0.25) is 0 Å². The predicted molar refractivity (Wildman–Crippen MR) is 117 cm³/mol. The Morgan fingerprint density at radius 1 is 1.00 bits per heavy atom. The Labute approximate surface area is 177 Å². The molecule has 4 aromatic rings. The van der Waals surface area contributed by atoms with Crippen LogP contribution < -0.4 is 11.1 Å². The minimum Gasteiger partial charge on any atom is -0.365 e. The highest BCUT2D eigenvalue weighted by Gasteiger charge is 2.23. The summed E-state index contributed by atoms with van der Waals surface area (Å²) in [4.78, 5) is 30.2. The van der Waals surface area contributed by atoms with E-state index in [-0.39, 0.29) is 5.82 Å². The van der Waals surface area contributed by atoms with Crippen LogP contribution in [0.25, 0.3) is 17.1 Å². The summed E-state index contributed by atoms with van der Waals surface area (Å²) in [6.07, 6.45) is 0. The molecule has 0 aliphatic rings. The number of rotatable bonds is 5. The van der Waals surface area contributed by atoms with Crippen LogP contribution in [0.4, 0.5) is 5.00 Å². The maximum Gasteiger partial charge on any atom is 0.295 e. The number of hydrogen-bond acceptors (Lipinski definition) is 5. The number of thiophene rings is 1. The summed E-state index contributed by atoms with van der Waals surface area (Å²) in [6.45, 7) is 3.68. The highest BCUT2D eigenvalue weighted by molar-refractivity contribution is 7.16. The molecule has 3 N–H and O–H groups in total. The molecule has 30 heavy (non-hydrogen) atoms. The lowest BCUT2D eigenvalue weighted by Gasteiger charge is -2.05. The smallest absolute Gasteiger partial charge is 0.295 e. The Hall–Kier alpha value is -3.78. The van der Waals surface area contributed by atoms with Crippen LogP contribution >= 0.6 is 11.3 Å². The van der Waals surface area contributed by atoms with Crippen LogP contribution in [0, 0.1) is 13.8 Å². The molecule has 2 aromatic heterocycles. The van der Waals surface area contributed by atoms with Crippen molar-refractivity contribution in [1.82, 2.24) is 14.8 Å². The highest BCUT2D eigenvalue weighted by Crippen LogP contribution is 2.32. The molecule has 0 spiro atoms. The fourth-order valence-electron chi connectivity index (χ4n) is 3.10. The van der Waals surface area contributed by atoms with Crippen molar-refractivity contribution in [2.75, 3.05) is 5.32 Å². The van der Waals surface area contributed by atoms with Crippen molar-refractivity contribution in [2.45, 2.75) is 13.8 Å². The van der Waals surface area contributed by atoms with Crippen LogP contribution in [-0.4, -0.2) is 26.6 Å². The molecule has 0 unspecified atom stereocenters. The Morgan fingerprint density at radius 3 is 2.27 bits per heavy atom. The van der Waals surface area contributed by atoms with Gasteiger partial charge in [0.1, 0.15) is 5.00 Å². The second-order valence-electron chi connectivity index (χ2n) is 6.68. The van der Waals surface area contributed by atoms with Gasteiger partial charge in [0.15, 0.2) is 5.82 Å². The molecule has 0 aliphatic carbocycles. The topological polar surface area (TPSA) is 103 Å². The summed E-state index contributed by atoms with van der Waals surface area (Å²) in [5, 5.41) is 7.59. The summed E-state index contributed by atoms with van der Waals surface area (Å²) in [5.74, 6) is -0.553. The van der Waals surface area contributed by atoms with E-state index in [0.29, 0.717) is 16.4 Å². The van der Waals surface area contributed by atoms with Crippen LogP contribution in [0.5, 0.6) is 0 Å². The van der Waals surface area contributed by atoms with E-state index in [4.69, 9.17) is 5.73 Å². The Bertz CT molecular complexity index is 1170. The van der Waals surface area contributed by atoms with Crippen LogP contribution in [0.15, 0.2) is 60.7 Å². The first-order chi connectivity index (χ1) is 14.5. The standard InChI is InChI=1S/C22H19N5O2S/c1-13-14(2)30-22(17(13)18(23)28)25-21(29)19-24-20(15-9-5-3-6-10-15)27(26-19)16-11-7-4-8-12-16/h3-12H,1-2H3,(H2,23,28)(H,25,29). The number of nitrogens with zero attached hydrogens (tertiary/aromatic N) is 3. The summed E-state index contributed by atoms with van der Waals surface area (Å²) in [7, 11) is 0. The monoisotopic (exact) mass is 417 g/mol. The molecule has 7 nitrogen and oxygen atoms in total. The van der Waals surface area contributed by atoms with E-state index in [1.165, 1.54) is 11.3 Å². The maximum atomic E-state index is 12.9. The fourth-order valence-corrected chi connectivity index (χ4v) is 4.16. The number of nitrogens with two attached hydrogens (primary N) is 1. The number of carbonyl (C=O) groups excluding carboxylic acids is 2. The van der Waals surface area contributed by atoms with Crippen molar-refractivity contribution in [1.29, 1.82) is 0 Å². The minimum absolute atomic E-state index is 0.00293. The third-order valence-electron chi connectivity index (χ3n) is 4.70. The van der Waals surface area contributed by atoms with Crippen LogP contribution in [-0.2, 0) is 0 Å². The zero-order chi connectivity index (χ0) is 21.3. The lowest BCUT2D eigenvalue weighted by Crippen LogP contribution is -2.18. The number of amides is 2. The van der Waals surface area contributed by atoms with Gasteiger partial charge in [-0.3, -0.25) is 9.59 Å². The molecule has 0 radical (unpaired) electrons. The summed E-state index contributed by atoms with van der Waals surface area (Å²) in [6, 6.07) is 19.0. The van der Waals surface area contributed by atoms with E-state index in [1.807, 2.05) is 67.6 Å². The Kier molecular flexibility index (Phi) is 5.16. The molecular formula is C22H19N5O2S. The number of hydrogen-bond donors (Lipinski definition) is 2. The van der Waals surface area contributed by atoms with Crippen molar-refractivity contribution in [2.24, 2.45) is 5.73 Å². The van der Waals surface area contributed by atoms with Crippen molar-refractivity contribution >= 4 is 28.2 Å². The van der Waals surface area contributed by atoms with Gasteiger partial charge >= 0.3 is 0 Å². The number of primary amides is 1. The largest absolute Gasteiger partial charge is 0.365 e. The van der Waals surface area contributed by atoms with Gasteiger partial charge in [-0.1, -0.05) is 48.5 Å². The van der Waals surface area contributed by atoms with Gasteiger partial charge in [0.05, 0.1) is 11.3 Å². The number of carbonyl (C=O) groups is 2. The zero-order valence-electron chi connectivity index (χ0n) is 16.4.